The molecule has 1 heterocycles. The van der Waals surface area contributed by atoms with Gasteiger partial charge in [0.15, 0.2) is 0 Å². The van der Waals surface area contributed by atoms with Crippen LogP contribution in [0.15, 0.2) is 48.9 Å². The Hall–Kier alpha value is -2.44. The molecule has 4 nitrogen and oxygen atoms in total. The van der Waals surface area contributed by atoms with Crippen molar-refractivity contribution in [2.75, 3.05) is 0 Å². The fraction of sp³-hybridized carbons (Fsp3) is 0.267. The molecule has 1 N–H and O–H groups in total. The maximum atomic E-state index is 12.5. The van der Waals surface area contributed by atoms with Crippen LogP contribution >= 0.6 is 0 Å². The third kappa shape index (κ3) is 4.83. The van der Waals surface area contributed by atoms with Gasteiger partial charge in [-0.1, -0.05) is 30.3 Å². The predicted molar refractivity (Wildman–Crippen MR) is 74.0 cm³/mol. The topological polar surface area (TPSA) is 54.9 Å². The largest absolute Gasteiger partial charge is 0.389 e. The first-order chi connectivity index (χ1) is 10.5. The van der Waals surface area contributed by atoms with Crippen LogP contribution in [0.2, 0.25) is 0 Å². The Bertz CT molecular complexity index is 602. The Labute approximate surface area is 125 Å². The lowest BCUT2D eigenvalue weighted by Crippen LogP contribution is -2.30. The molecule has 1 atom stereocenters. The molecule has 0 spiro atoms. The first-order valence-electron chi connectivity index (χ1n) is 6.64. The number of hydrogen-bond donors (Lipinski definition) is 1. The van der Waals surface area contributed by atoms with Crippen LogP contribution in [0.25, 0.3) is 0 Å². The van der Waals surface area contributed by atoms with Crippen molar-refractivity contribution in [1.82, 2.24) is 15.3 Å². The van der Waals surface area contributed by atoms with E-state index in [2.05, 4.69) is 15.3 Å². The van der Waals surface area contributed by atoms with E-state index >= 15 is 0 Å². The minimum atomic E-state index is -4.27. The maximum Gasteiger partial charge on any atom is 0.389 e. The SMILES string of the molecule is O=C(NC(CCC(F)(F)F)c1ccccc1)c1cnccn1. The van der Waals surface area contributed by atoms with E-state index in [-0.39, 0.29) is 12.1 Å². The summed E-state index contributed by atoms with van der Waals surface area (Å²) in [6.45, 7) is 0. The second kappa shape index (κ2) is 7.02. The fourth-order valence-electron chi connectivity index (χ4n) is 1.96. The lowest BCUT2D eigenvalue weighted by molar-refractivity contribution is -0.136. The molecule has 0 saturated heterocycles. The number of nitrogens with zero attached hydrogens (tertiary/aromatic N) is 2. The number of amides is 1. The number of rotatable bonds is 5. The number of hydrogen-bond acceptors (Lipinski definition) is 3. The van der Waals surface area contributed by atoms with Crippen molar-refractivity contribution in [3.05, 3.63) is 60.2 Å². The molecular formula is C15H14F3N3O. The van der Waals surface area contributed by atoms with Crippen LogP contribution in [0.1, 0.15) is 34.9 Å². The fourth-order valence-corrected chi connectivity index (χ4v) is 1.96. The first-order valence-corrected chi connectivity index (χ1v) is 6.64. The van der Waals surface area contributed by atoms with Gasteiger partial charge in [0.2, 0.25) is 0 Å². The number of halogens is 3. The van der Waals surface area contributed by atoms with Gasteiger partial charge in [0.25, 0.3) is 5.91 Å². The molecule has 116 valence electrons. The maximum absolute atomic E-state index is 12.5. The molecule has 1 aromatic heterocycles. The van der Waals surface area contributed by atoms with E-state index < -0.39 is 24.5 Å². The molecule has 2 aromatic rings. The van der Waals surface area contributed by atoms with Crippen LogP contribution in [0.4, 0.5) is 13.2 Å². The molecule has 1 aromatic carbocycles. The number of alkyl halides is 3. The molecule has 0 aliphatic heterocycles. The van der Waals surface area contributed by atoms with Crippen molar-refractivity contribution in [3.8, 4) is 0 Å². The number of carbonyl (C=O) groups excluding carboxylic acids is 1. The second-order valence-electron chi connectivity index (χ2n) is 4.68. The highest BCUT2D eigenvalue weighted by atomic mass is 19.4. The molecule has 1 amide bonds. The van der Waals surface area contributed by atoms with Gasteiger partial charge in [0.05, 0.1) is 12.2 Å². The lowest BCUT2D eigenvalue weighted by Gasteiger charge is -2.19. The zero-order chi connectivity index (χ0) is 16.0. The van der Waals surface area contributed by atoms with Crippen LogP contribution in [-0.2, 0) is 0 Å². The summed E-state index contributed by atoms with van der Waals surface area (Å²) in [6, 6.07) is 7.80. The van der Waals surface area contributed by atoms with Crippen LogP contribution in [0.5, 0.6) is 0 Å². The van der Waals surface area contributed by atoms with Crippen molar-refractivity contribution in [1.29, 1.82) is 0 Å². The normalized spacial score (nSPS) is 12.7. The number of aromatic nitrogens is 2. The van der Waals surface area contributed by atoms with Gasteiger partial charge in [-0.25, -0.2) is 4.98 Å². The average Bonchev–Trinajstić information content (AvgIpc) is 2.52. The van der Waals surface area contributed by atoms with Crippen LogP contribution in [0, 0.1) is 0 Å². The zero-order valence-electron chi connectivity index (χ0n) is 11.5. The van der Waals surface area contributed by atoms with Crippen LogP contribution < -0.4 is 5.32 Å². The summed E-state index contributed by atoms with van der Waals surface area (Å²) in [5, 5.41) is 2.58. The molecule has 2 rings (SSSR count). The van der Waals surface area contributed by atoms with E-state index in [9.17, 15) is 18.0 Å². The average molecular weight is 309 g/mol. The number of carbonyl (C=O) groups is 1. The van der Waals surface area contributed by atoms with Gasteiger partial charge >= 0.3 is 6.18 Å². The van der Waals surface area contributed by atoms with E-state index in [1.165, 1.54) is 18.6 Å². The third-order valence-electron chi connectivity index (χ3n) is 3.02. The number of nitrogens with one attached hydrogen (secondary N) is 1. The standard InChI is InChI=1S/C15H14F3N3O/c16-15(17,18)7-6-12(11-4-2-1-3-5-11)21-14(22)13-10-19-8-9-20-13/h1-5,8-10,12H,6-7H2,(H,21,22). The Kier molecular flexibility index (Phi) is 5.08. The smallest absolute Gasteiger partial charge is 0.344 e. The summed E-state index contributed by atoms with van der Waals surface area (Å²) in [4.78, 5) is 19.7. The van der Waals surface area contributed by atoms with E-state index in [4.69, 9.17) is 0 Å². The molecule has 0 radical (unpaired) electrons. The quantitative estimate of drug-likeness (QED) is 0.922. The van der Waals surface area contributed by atoms with Crippen molar-refractivity contribution in [2.45, 2.75) is 25.1 Å². The summed E-state index contributed by atoms with van der Waals surface area (Å²) in [7, 11) is 0. The highest BCUT2D eigenvalue weighted by molar-refractivity contribution is 5.92. The Morgan fingerprint density at radius 1 is 1.18 bits per heavy atom. The van der Waals surface area contributed by atoms with Gasteiger partial charge in [-0.2, -0.15) is 13.2 Å². The summed E-state index contributed by atoms with van der Waals surface area (Å²) >= 11 is 0. The van der Waals surface area contributed by atoms with Gasteiger partial charge in [0, 0.05) is 18.8 Å². The van der Waals surface area contributed by atoms with Gasteiger partial charge in [0.1, 0.15) is 5.69 Å². The van der Waals surface area contributed by atoms with Crippen molar-refractivity contribution < 1.29 is 18.0 Å². The van der Waals surface area contributed by atoms with Gasteiger partial charge in [-0.15, -0.1) is 0 Å². The van der Waals surface area contributed by atoms with E-state index in [0.29, 0.717) is 5.56 Å². The summed E-state index contributed by atoms with van der Waals surface area (Å²) in [5.41, 5.74) is 0.680. The lowest BCUT2D eigenvalue weighted by atomic mass is 10.0. The minimum Gasteiger partial charge on any atom is -0.344 e. The van der Waals surface area contributed by atoms with E-state index in [0.717, 1.165) is 0 Å². The van der Waals surface area contributed by atoms with Gasteiger partial charge < -0.3 is 5.32 Å². The Morgan fingerprint density at radius 2 is 1.91 bits per heavy atom. The van der Waals surface area contributed by atoms with Gasteiger partial charge in [-0.3, -0.25) is 9.78 Å². The zero-order valence-corrected chi connectivity index (χ0v) is 11.5. The monoisotopic (exact) mass is 309 g/mol. The molecular weight excluding hydrogens is 295 g/mol. The Balaban J connectivity index is 2.12. The summed E-state index contributed by atoms with van der Waals surface area (Å²) in [6.07, 6.45) is -1.46. The van der Waals surface area contributed by atoms with Crippen LogP contribution in [0.3, 0.4) is 0 Å². The van der Waals surface area contributed by atoms with Gasteiger partial charge in [-0.05, 0) is 12.0 Å². The summed E-state index contributed by atoms with van der Waals surface area (Å²) in [5.74, 6) is -0.552. The molecule has 0 aliphatic carbocycles. The summed E-state index contributed by atoms with van der Waals surface area (Å²) < 4.78 is 37.4. The third-order valence-corrected chi connectivity index (χ3v) is 3.02. The molecule has 0 fully saturated rings. The molecule has 1 unspecified atom stereocenters. The highest BCUT2D eigenvalue weighted by Crippen LogP contribution is 2.27. The highest BCUT2D eigenvalue weighted by Gasteiger charge is 2.29. The van der Waals surface area contributed by atoms with Crippen molar-refractivity contribution >= 4 is 5.91 Å². The predicted octanol–water partition coefficient (Wildman–Crippen LogP) is 3.29. The molecule has 7 heteroatoms. The molecule has 22 heavy (non-hydrogen) atoms. The van der Waals surface area contributed by atoms with Crippen molar-refractivity contribution in [3.63, 3.8) is 0 Å². The van der Waals surface area contributed by atoms with Crippen molar-refractivity contribution in [2.24, 2.45) is 0 Å². The molecule has 0 aliphatic rings. The second-order valence-corrected chi connectivity index (χ2v) is 4.68. The number of benzene rings is 1. The van der Waals surface area contributed by atoms with Crippen LogP contribution in [-0.4, -0.2) is 22.1 Å². The van der Waals surface area contributed by atoms with E-state index in [1.54, 1.807) is 30.3 Å². The molecule has 0 bridgehead atoms. The van der Waals surface area contributed by atoms with E-state index in [1.807, 2.05) is 0 Å². The minimum absolute atomic E-state index is 0.0652. The first kappa shape index (κ1) is 15.9. The molecule has 0 saturated carbocycles. The Morgan fingerprint density at radius 3 is 2.50 bits per heavy atom.